The van der Waals surface area contributed by atoms with E-state index < -0.39 is 6.04 Å². The Balaban J connectivity index is 1.59. The van der Waals surface area contributed by atoms with Gasteiger partial charge in [-0.3, -0.25) is 9.59 Å². The van der Waals surface area contributed by atoms with E-state index in [1.165, 1.54) is 0 Å². The van der Waals surface area contributed by atoms with Crippen LogP contribution in [0.4, 0.5) is 0 Å². The predicted molar refractivity (Wildman–Crippen MR) is 169 cm³/mol. The SMILES string of the molecule is NCCNC(=O)c1ccccc1-c1cccc(CN(CCc2ccc(Cl)cc2Cl)C(=O)C(N)Cc2ccc(O)cc2)c1. The summed E-state index contributed by atoms with van der Waals surface area (Å²) in [6, 6.07) is 26.4. The molecule has 0 bridgehead atoms. The highest BCUT2D eigenvalue weighted by atomic mass is 35.5. The van der Waals surface area contributed by atoms with Gasteiger partial charge in [-0.25, -0.2) is 0 Å². The molecule has 0 aliphatic heterocycles. The molecular formula is C33H34Cl2N4O3. The molecule has 0 radical (unpaired) electrons. The summed E-state index contributed by atoms with van der Waals surface area (Å²) in [5.41, 5.74) is 16.8. The summed E-state index contributed by atoms with van der Waals surface area (Å²) < 4.78 is 0. The first-order valence-electron chi connectivity index (χ1n) is 13.7. The summed E-state index contributed by atoms with van der Waals surface area (Å²) in [5.74, 6) is -0.253. The minimum atomic E-state index is -0.787. The maximum absolute atomic E-state index is 13.7. The molecule has 6 N–H and O–H groups in total. The molecular weight excluding hydrogens is 571 g/mol. The number of benzene rings is 4. The Morgan fingerprint density at radius 1 is 0.905 bits per heavy atom. The van der Waals surface area contributed by atoms with Crippen molar-refractivity contribution in [2.24, 2.45) is 11.5 Å². The van der Waals surface area contributed by atoms with E-state index in [0.29, 0.717) is 54.6 Å². The fourth-order valence-corrected chi connectivity index (χ4v) is 5.23. The average molecular weight is 606 g/mol. The van der Waals surface area contributed by atoms with Crippen molar-refractivity contribution < 1.29 is 14.7 Å². The Morgan fingerprint density at radius 3 is 2.40 bits per heavy atom. The Bertz CT molecular complexity index is 1530. The number of nitrogens with zero attached hydrogens (tertiary/aromatic N) is 1. The van der Waals surface area contributed by atoms with Crippen molar-refractivity contribution in [2.75, 3.05) is 19.6 Å². The molecule has 1 unspecified atom stereocenters. The van der Waals surface area contributed by atoms with Crippen molar-refractivity contribution in [1.82, 2.24) is 10.2 Å². The third kappa shape index (κ3) is 8.33. The van der Waals surface area contributed by atoms with Crippen LogP contribution in [-0.2, 0) is 24.2 Å². The number of aromatic hydroxyl groups is 1. The van der Waals surface area contributed by atoms with Crippen molar-refractivity contribution in [2.45, 2.75) is 25.4 Å². The molecule has 218 valence electrons. The lowest BCUT2D eigenvalue weighted by molar-refractivity contribution is -0.133. The molecule has 0 saturated heterocycles. The van der Waals surface area contributed by atoms with Crippen LogP contribution in [0.1, 0.15) is 27.0 Å². The molecule has 0 aliphatic rings. The second-order valence-corrected chi connectivity index (χ2v) is 10.9. The third-order valence-corrected chi connectivity index (χ3v) is 7.49. The zero-order valence-electron chi connectivity index (χ0n) is 23.1. The number of phenols is 1. The molecule has 0 saturated carbocycles. The van der Waals surface area contributed by atoms with Crippen LogP contribution in [0.15, 0.2) is 91.0 Å². The average Bonchev–Trinajstić information content (AvgIpc) is 2.99. The summed E-state index contributed by atoms with van der Waals surface area (Å²) in [6.45, 7) is 1.42. The minimum Gasteiger partial charge on any atom is -0.508 e. The molecule has 4 rings (SSSR count). The van der Waals surface area contributed by atoms with Gasteiger partial charge in [0.1, 0.15) is 5.75 Å². The molecule has 4 aromatic carbocycles. The van der Waals surface area contributed by atoms with Gasteiger partial charge in [-0.2, -0.15) is 0 Å². The van der Waals surface area contributed by atoms with E-state index in [1.807, 2.05) is 48.5 Å². The molecule has 7 nitrogen and oxygen atoms in total. The molecule has 0 aromatic heterocycles. The number of nitrogens with two attached hydrogens (primary N) is 2. The molecule has 42 heavy (non-hydrogen) atoms. The van der Waals surface area contributed by atoms with Gasteiger partial charge in [0.15, 0.2) is 0 Å². The second kappa shape index (κ2) is 14.8. The van der Waals surface area contributed by atoms with Gasteiger partial charge in [0.2, 0.25) is 5.91 Å². The first-order valence-corrected chi connectivity index (χ1v) is 14.4. The van der Waals surface area contributed by atoms with E-state index in [-0.39, 0.29) is 17.6 Å². The van der Waals surface area contributed by atoms with Gasteiger partial charge in [0, 0.05) is 41.8 Å². The Kier molecular flexibility index (Phi) is 11.0. The molecule has 1 atom stereocenters. The number of nitrogens with one attached hydrogen (secondary N) is 1. The summed E-state index contributed by atoms with van der Waals surface area (Å²) in [4.78, 5) is 28.2. The van der Waals surface area contributed by atoms with Gasteiger partial charge in [-0.1, -0.05) is 77.8 Å². The molecule has 0 aliphatic carbocycles. The fourth-order valence-electron chi connectivity index (χ4n) is 4.73. The van der Waals surface area contributed by atoms with Crippen LogP contribution in [0.5, 0.6) is 5.75 Å². The fraction of sp³-hybridized carbons (Fsp3) is 0.212. The Labute approximate surface area is 256 Å². The summed E-state index contributed by atoms with van der Waals surface area (Å²) >= 11 is 12.5. The van der Waals surface area contributed by atoms with E-state index in [1.54, 1.807) is 47.4 Å². The van der Waals surface area contributed by atoms with E-state index in [9.17, 15) is 14.7 Å². The van der Waals surface area contributed by atoms with E-state index in [2.05, 4.69) is 5.32 Å². The predicted octanol–water partition coefficient (Wildman–Crippen LogP) is 5.20. The topological polar surface area (TPSA) is 122 Å². The zero-order chi connectivity index (χ0) is 30.1. The van der Waals surface area contributed by atoms with Crippen molar-refractivity contribution in [1.29, 1.82) is 0 Å². The Hall–Kier alpha value is -3.88. The maximum Gasteiger partial charge on any atom is 0.251 e. The van der Waals surface area contributed by atoms with Crippen LogP contribution in [0.3, 0.4) is 0 Å². The van der Waals surface area contributed by atoms with E-state index >= 15 is 0 Å². The highest BCUT2D eigenvalue weighted by molar-refractivity contribution is 6.35. The van der Waals surface area contributed by atoms with Gasteiger partial charge in [0.05, 0.1) is 6.04 Å². The molecule has 0 fully saturated rings. The van der Waals surface area contributed by atoms with Crippen LogP contribution < -0.4 is 16.8 Å². The number of halogens is 2. The molecule has 2 amide bonds. The van der Waals surface area contributed by atoms with Crippen LogP contribution in [-0.4, -0.2) is 47.5 Å². The standard InChI is InChI=1S/C33H34Cl2N4O3/c34-26-11-10-24(30(35)20-26)14-17-39(33(42)31(37)19-22-8-12-27(40)13-9-22)21-23-4-3-5-25(18-23)28-6-1-2-7-29(28)32(41)38-16-15-36/h1-13,18,20,31,40H,14-17,19,21,36-37H2,(H,38,41). The lowest BCUT2D eigenvalue weighted by Crippen LogP contribution is -2.45. The van der Waals surface area contributed by atoms with Crippen LogP contribution in [0.25, 0.3) is 11.1 Å². The third-order valence-electron chi connectivity index (χ3n) is 6.90. The molecule has 4 aromatic rings. The van der Waals surface area contributed by atoms with Gasteiger partial charge in [-0.05, 0) is 77.1 Å². The number of carbonyl (C=O) groups is 2. The largest absolute Gasteiger partial charge is 0.508 e. The highest BCUT2D eigenvalue weighted by Crippen LogP contribution is 2.26. The first-order chi connectivity index (χ1) is 20.2. The lowest BCUT2D eigenvalue weighted by Gasteiger charge is -2.27. The summed E-state index contributed by atoms with van der Waals surface area (Å²) in [7, 11) is 0. The van der Waals surface area contributed by atoms with Crippen molar-refractivity contribution >= 4 is 35.0 Å². The smallest absolute Gasteiger partial charge is 0.251 e. The quantitative estimate of drug-likeness (QED) is 0.177. The second-order valence-electron chi connectivity index (χ2n) is 10.0. The van der Waals surface area contributed by atoms with Crippen molar-refractivity contribution in [3.63, 3.8) is 0 Å². The van der Waals surface area contributed by atoms with Crippen molar-refractivity contribution in [3.8, 4) is 16.9 Å². The normalized spacial score (nSPS) is 11.6. The monoisotopic (exact) mass is 604 g/mol. The van der Waals surface area contributed by atoms with Gasteiger partial charge in [-0.15, -0.1) is 0 Å². The van der Waals surface area contributed by atoms with Gasteiger partial charge in [0.25, 0.3) is 5.91 Å². The van der Waals surface area contributed by atoms with Crippen LogP contribution >= 0.6 is 23.2 Å². The van der Waals surface area contributed by atoms with E-state index in [0.717, 1.165) is 27.8 Å². The number of rotatable bonds is 12. The lowest BCUT2D eigenvalue weighted by atomic mass is 9.97. The zero-order valence-corrected chi connectivity index (χ0v) is 24.6. The summed E-state index contributed by atoms with van der Waals surface area (Å²) in [6.07, 6.45) is 0.833. The number of hydrogen-bond acceptors (Lipinski definition) is 5. The number of carbonyl (C=O) groups excluding carboxylic acids is 2. The first kappa shape index (κ1) is 31.1. The Morgan fingerprint density at radius 2 is 1.67 bits per heavy atom. The van der Waals surface area contributed by atoms with E-state index in [4.69, 9.17) is 34.7 Å². The van der Waals surface area contributed by atoms with Crippen LogP contribution in [0, 0.1) is 0 Å². The highest BCUT2D eigenvalue weighted by Gasteiger charge is 2.22. The van der Waals surface area contributed by atoms with Crippen molar-refractivity contribution in [3.05, 3.63) is 123 Å². The molecule has 0 spiro atoms. The van der Waals surface area contributed by atoms with Gasteiger partial charge < -0.3 is 26.8 Å². The molecule has 0 heterocycles. The number of hydrogen-bond donors (Lipinski definition) is 4. The summed E-state index contributed by atoms with van der Waals surface area (Å²) in [5, 5.41) is 13.5. The number of amides is 2. The molecule has 9 heteroatoms. The number of phenolic OH excluding ortho intramolecular Hbond substituents is 1. The van der Waals surface area contributed by atoms with Gasteiger partial charge >= 0.3 is 0 Å². The minimum absolute atomic E-state index is 0.151. The van der Waals surface area contributed by atoms with Crippen LogP contribution in [0.2, 0.25) is 10.0 Å². The maximum atomic E-state index is 13.7.